The van der Waals surface area contributed by atoms with Gasteiger partial charge in [0.15, 0.2) is 0 Å². The topological polar surface area (TPSA) is 29.3 Å². The Labute approximate surface area is 121 Å². The molecule has 1 aromatic carbocycles. The molecule has 1 heterocycles. The van der Waals surface area contributed by atoms with Gasteiger partial charge in [-0.1, -0.05) is 24.6 Å². The van der Waals surface area contributed by atoms with E-state index in [1.54, 1.807) is 0 Å². The first-order chi connectivity index (χ1) is 9.02. The Kier molecular flexibility index (Phi) is 4.88. The summed E-state index contributed by atoms with van der Waals surface area (Å²) >= 11 is 6.05. The van der Waals surface area contributed by atoms with Gasteiger partial charge in [0.25, 0.3) is 0 Å². The smallest absolute Gasteiger partial charge is 0.0475 e. The fourth-order valence-corrected chi connectivity index (χ4v) is 3.57. The molecule has 1 aliphatic rings. The third-order valence-electron chi connectivity index (χ3n) is 4.40. The third-order valence-corrected chi connectivity index (χ3v) is 4.64. The molecule has 1 fully saturated rings. The van der Waals surface area contributed by atoms with Crippen LogP contribution in [0.1, 0.15) is 43.9 Å². The maximum Gasteiger partial charge on any atom is 0.0475 e. The van der Waals surface area contributed by atoms with Crippen molar-refractivity contribution in [2.45, 2.75) is 45.7 Å². The summed E-state index contributed by atoms with van der Waals surface area (Å²) < 4.78 is 0. The first-order valence-electron chi connectivity index (χ1n) is 7.24. The lowest BCUT2D eigenvalue weighted by Crippen LogP contribution is -2.45. The highest BCUT2D eigenvalue weighted by Crippen LogP contribution is 2.32. The number of likely N-dealkylation sites (tertiary alicyclic amines) is 1. The molecule has 0 radical (unpaired) electrons. The number of benzene rings is 1. The number of hydrogen-bond donors (Lipinski definition) is 1. The van der Waals surface area contributed by atoms with Crippen molar-refractivity contribution in [1.29, 1.82) is 0 Å². The van der Waals surface area contributed by atoms with Crippen LogP contribution in [0.15, 0.2) is 18.2 Å². The van der Waals surface area contributed by atoms with E-state index in [0.717, 1.165) is 17.5 Å². The molecular formula is C16H25ClN2. The van der Waals surface area contributed by atoms with Gasteiger partial charge >= 0.3 is 0 Å². The van der Waals surface area contributed by atoms with E-state index in [0.29, 0.717) is 18.6 Å². The quantitative estimate of drug-likeness (QED) is 0.913. The van der Waals surface area contributed by atoms with Gasteiger partial charge in [-0.15, -0.1) is 0 Å². The van der Waals surface area contributed by atoms with Crippen LogP contribution < -0.4 is 5.73 Å². The van der Waals surface area contributed by atoms with Crippen molar-refractivity contribution in [1.82, 2.24) is 4.90 Å². The number of aryl methyl sites for hydroxylation is 1. The normalized spacial score (nSPS) is 26.4. The Hall–Kier alpha value is -0.570. The number of piperidine rings is 1. The zero-order valence-corrected chi connectivity index (χ0v) is 13.0. The molecule has 1 aromatic rings. The van der Waals surface area contributed by atoms with E-state index in [1.165, 1.54) is 24.0 Å². The van der Waals surface area contributed by atoms with Gasteiger partial charge in [0, 0.05) is 23.7 Å². The van der Waals surface area contributed by atoms with Gasteiger partial charge in [-0.3, -0.25) is 4.90 Å². The summed E-state index contributed by atoms with van der Waals surface area (Å²) in [5.74, 6) is 0.830. The molecule has 2 rings (SSSR count). The van der Waals surface area contributed by atoms with E-state index in [-0.39, 0.29) is 0 Å². The van der Waals surface area contributed by atoms with Gasteiger partial charge in [-0.2, -0.15) is 0 Å². The van der Waals surface area contributed by atoms with Gasteiger partial charge in [-0.05, 0) is 62.4 Å². The van der Waals surface area contributed by atoms with Gasteiger partial charge in [0.2, 0.25) is 0 Å². The molecule has 2 nitrogen and oxygen atoms in total. The van der Waals surface area contributed by atoms with E-state index in [2.05, 4.69) is 31.7 Å². The molecule has 0 aromatic heterocycles. The fourth-order valence-electron chi connectivity index (χ4n) is 3.34. The summed E-state index contributed by atoms with van der Waals surface area (Å²) in [6.07, 6.45) is 2.54. The van der Waals surface area contributed by atoms with E-state index >= 15 is 0 Å². The number of rotatable bonds is 3. The Morgan fingerprint density at radius 3 is 2.74 bits per heavy atom. The second-order valence-corrected chi connectivity index (χ2v) is 6.41. The summed E-state index contributed by atoms with van der Waals surface area (Å²) in [4.78, 5) is 2.57. The Morgan fingerprint density at radius 1 is 1.42 bits per heavy atom. The highest BCUT2D eigenvalue weighted by Gasteiger charge is 2.29. The summed E-state index contributed by atoms with van der Waals surface area (Å²) in [6, 6.07) is 7.08. The lowest BCUT2D eigenvalue weighted by molar-refractivity contribution is 0.0844. The summed E-state index contributed by atoms with van der Waals surface area (Å²) in [6.45, 7) is 8.61. The maximum atomic E-state index is 6.06. The largest absolute Gasteiger partial charge is 0.329 e. The Balaban J connectivity index is 2.24. The van der Waals surface area contributed by atoms with Crippen molar-refractivity contribution >= 4 is 11.6 Å². The van der Waals surface area contributed by atoms with Crippen LogP contribution in [0, 0.1) is 12.8 Å². The minimum atomic E-state index is 0.319. The summed E-state index contributed by atoms with van der Waals surface area (Å²) in [5, 5.41) is 0.803. The molecule has 19 heavy (non-hydrogen) atoms. The van der Waals surface area contributed by atoms with Crippen LogP contribution in [0.4, 0.5) is 0 Å². The molecule has 1 aliphatic heterocycles. The number of nitrogens with zero attached hydrogens (tertiary/aromatic N) is 1. The molecule has 1 saturated heterocycles. The Bertz CT molecular complexity index is 433. The molecule has 0 saturated carbocycles. The SMILES string of the molecule is Cc1cc(Cl)ccc1C(CN)N1CCC(C)CC1C. The minimum absolute atomic E-state index is 0.319. The first kappa shape index (κ1) is 14.8. The van der Waals surface area contributed by atoms with E-state index < -0.39 is 0 Å². The number of nitrogens with two attached hydrogens (primary N) is 1. The molecule has 3 unspecified atom stereocenters. The molecule has 3 atom stereocenters. The highest BCUT2D eigenvalue weighted by molar-refractivity contribution is 6.30. The average molecular weight is 281 g/mol. The minimum Gasteiger partial charge on any atom is -0.329 e. The Morgan fingerprint density at radius 2 is 2.16 bits per heavy atom. The van der Waals surface area contributed by atoms with Crippen LogP contribution in [-0.4, -0.2) is 24.0 Å². The predicted octanol–water partition coefficient (Wildman–Crippen LogP) is 3.77. The van der Waals surface area contributed by atoms with E-state index in [1.807, 2.05) is 12.1 Å². The summed E-state index contributed by atoms with van der Waals surface area (Å²) in [7, 11) is 0. The van der Waals surface area contributed by atoms with Gasteiger partial charge < -0.3 is 5.73 Å². The van der Waals surface area contributed by atoms with Crippen molar-refractivity contribution in [3.63, 3.8) is 0 Å². The van der Waals surface area contributed by atoms with Crippen molar-refractivity contribution in [3.05, 3.63) is 34.3 Å². The van der Waals surface area contributed by atoms with E-state index in [9.17, 15) is 0 Å². The second-order valence-electron chi connectivity index (χ2n) is 5.97. The van der Waals surface area contributed by atoms with Crippen LogP contribution in [0.3, 0.4) is 0 Å². The third kappa shape index (κ3) is 3.31. The molecule has 2 N–H and O–H groups in total. The second kappa shape index (κ2) is 6.25. The van der Waals surface area contributed by atoms with Gasteiger partial charge in [0.05, 0.1) is 0 Å². The van der Waals surface area contributed by atoms with Gasteiger partial charge in [0.1, 0.15) is 0 Å². The standard InChI is InChI=1S/C16H25ClN2/c1-11-6-7-19(13(3)8-11)16(10-18)15-5-4-14(17)9-12(15)2/h4-5,9,11,13,16H,6-8,10,18H2,1-3H3. The van der Waals surface area contributed by atoms with Crippen molar-refractivity contribution in [2.24, 2.45) is 11.7 Å². The zero-order chi connectivity index (χ0) is 14.0. The van der Waals surface area contributed by atoms with Crippen LogP contribution >= 0.6 is 11.6 Å². The average Bonchev–Trinajstić information content (AvgIpc) is 2.34. The van der Waals surface area contributed by atoms with Crippen molar-refractivity contribution in [3.8, 4) is 0 Å². The number of hydrogen-bond acceptors (Lipinski definition) is 2. The lowest BCUT2D eigenvalue weighted by atomic mass is 9.89. The van der Waals surface area contributed by atoms with Crippen molar-refractivity contribution in [2.75, 3.05) is 13.1 Å². The molecule has 0 spiro atoms. The van der Waals surface area contributed by atoms with Gasteiger partial charge in [-0.25, -0.2) is 0 Å². The summed E-state index contributed by atoms with van der Waals surface area (Å²) in [5.41, 5.74) is 8.64. The predicted molar refractivity (Wildman–Crippen MR) is 82.6 cm³/mol. The van der Waals surface area contributed by atoms with Crippen LogP contribution in [0.2, 0.25) is 5.02 Å². The highest BCUT2D eigenvalue weighted by atomic mass is 35.5. The van der Waals surface area contributed by atoms with Crippen LogP contribution in [0.5, 0.6) is 0 Å². The molecular weight excluding hydrogens is 256 g/mol. The van der Waals surface area contributed by atoms with Crippen LogP contribution in [0.25, 0.3) is 0 Å². The molecule has 0 bridgehead atoms. The number of halogens is 1. The maximum absolute atomic E-state index is 6.06. The molecule has 0 amide bonds. The monoisotopic (exact) mass is 280 g/mol. The van der Waals surface area contributed by atoms with Crippen molar-refractivity contribution < 1.29 is 0 Å². The molecule has 106 valence electrons. The molecule has 0 aliphatic carbocycles. The van der Waals surface area contributed by atoms with Crippen LogP contribution in [-0.2, 0) is 0 Å². The van der Waals surface area contributed by atoms with E-state index in [4.69, 9.17) is 17.3 Å². The molecule has 3 heteroatoms. The zero-order valence-electron chi connectivity index (χ0n) is 12.2. The lowest BCUT2D eigenvalue weighted by Gasteiger charge is -2.42. The first-order valence-corrected chi connectivity index (χ1v) is 7.62. The fraction of sp³-hybridized carbons (Fsp3) is 0.625.